The van der Waals surface area contributed by atoms with Gasteiger partial charge in [-0.15, -0.1) is 11.6 Å². The van der Waals surface area contributed by atoms with Crippen LogP contribution in [0.2, 0.25) is 5.02 Å². The zero-order chi connectivity index (χ0) is 10.7. The number of ether oxygens (including phenoxy) is 1. The van der Waals surface area contributed by atoms with E-state index >= 15 is 0 Å². The molecule has 0 aliphatic carbocycles. The lowest BCUT2D eigenvalue weighted by Crippen LogP contribution is -2.19. The predicted octanol–water partition coefficient (Wildman–Crippen LogP) is 4.05. The maximum atomic E-state index is 6.44. The van der Waals surface area contributed by atoms with Gasteiger partial charge in [0.2, 0.25) is 0 Å². The summed E-state index contributed by atoms with van der Waals surface area (Å²) in [6.07, 6.45) is 2.10. The van der Waals surface area contributed by atoms with Crippen molar-refractivity contribution >= 4 is 23.2 Å². The molecule has 1 saturated heterocycles. The van der Waals surface area contributed by atoms with Gasteiger partial charge in [-0.05, 0) is 36.5 Å². The van der Waals surface area contributed by atoms with Crippen LogP contribution in [0, 0.1) is 5.92 Å². The van der Waals surface area contributed by atoms with Gasteiger partial charge in [0.15, 0.2) is 0 Å². The molecule has 1 nitrogen and oxygen atoms in total. The lowest BCUT2D eigenvalue weighted by atomic mass is 9.92. The molecule has 0 spiro atoms. The second-order valence-electron chi connectivity index (χ2n) is 3.90. The highest BCUT2D eigenvalue weighted by Crippen LogP contribution is 2.35. The number of hydrogen-bond donors (Lipinski definition) is 0. The van der Waals surface area contributed by atoms with Crippen LogP contribution in [0.1, 0.15) is 23.8 Å². The maximum absolute atomic E-state index is 6.44. The van der Waals surface area contributed by atoms with Gasteiger partial charge in [-0.25, -0.2) is 0 Å². The first-order valence-electron chi connectivity index (χ1n) is 5.24. The zero-order valence-corrected chi connectivity index (χ0v) is 9.97. The molecular formula is C12H14Cl2O. The van der Waals surface area contributed by atoms with Crippen LogP contribution in [-0.4, -0.2) is 13.2 Å². The average Bonchev–Trinajstić information content (AvgIpc) is 2.30. The third kappa shape index (κ3) is 2.87. The van der Waals surface area contributed by atoms with Gasteiger partial charge in [-0.3, -0.25) is 0 Å². The Balaban J connectivity index is 2.05. The van der Waals surface area contributed by atoms with Crippen LogP contribution in [-0.2, 0) is 4.74 Å². The number of rotatable bonds is 2. The number of hydrogen-bond acceptors (Lipinski definition) is 1. The molecule has 1 aliphatic rings. The van der Waals surface area contributed by atoms with Gasteiger partial charge in [0.05, 0.1) is 5.38 Å². The van der Waals surface area contributed by atoms with E-state index in [1.54, 1.807) is 0 Å². The number of halogens is 2. The number of alkyl halides is 1. The molecule has 0 bridgehead atoms. The van der Waals surface area contributed by atoms with Gasteiger partial charge in [-0.1, -0.05) is 23.7 Å². The van der Waals surface area contributed by atoms with Crippen molar-refractivity contribution in [2.75, 3.05) is 13.2 Å². The Labute approximate surface area is 100 Å². The van der Waals surface area contributed by atoms with E-state index in [1.165, 1.54) is 0 Å². The van der Waals surface area contributed by atoms with Crippen molar-refractivity contribution in [3.63, 3.8) is 0 Å². The molecule has 0 unspecified atom stereocenters. The molecule has 1 atom stereocenters. The Morgan fingerprint density at radius 3 is 2.33 bits per heavy atom. The van der Waals surface area contributed by atoms with E-state index in [-0.39, 0.29) is 5.38 Å². The highest BCUT2D eigenvalue weighted by molar-refractivity contribution is 6.30. The van der Waals surface area contributed by atoms with Crippen molar-refractivity contribution in [2.24, 2.45) is 5.92 Å². The topological polar surface area (TPSA) is 9.23 Å². The van der Waals surface area contributed by atoms with Crippen LogP contribution < -0.4 is 0 Å². The largest absolute Gasteiger partial charge is 0.381 e. The molecule has 1 aromatic carbocycles. The second kappa shape index (κ2) is 5.20. The van der Waals surface area contributed by atoms with Crippen molar-refractivity contribution in [1.29, 1.82) is 0 Å². The van der Waals surface area contributed by atoms with Gasteiger partial charge < -0.3 is 4.74 Å². The quantitative estimate of drug-likeness (QED) is 0.714. The zero-order valence-electron chi connectivity index (χ0n) is 8.46. The third-order valence-electron chi connectivity index (χ3n) is 2.87. The lowest BCUT2D eigenvalue weighted by Gasteiger charge is -2.26. The first kappa shape index (κ1) is 11.3. The van der Waals surface area contributed by atoms with Crippen LogP contribution in [0.4, 0.5) is 0 Å². The molecule has 2 rings (SSSR count). The van der Waals surface area contributed by atoms with E-state index in [0.29, 0.717) is 5.92 Å². The van der Waals surface area contributed by atoms with Gasteiger partial charge in [0, 0.05) is 18.2 Å². The van der Waals surface area contributed by atoms with E-state index < -0.39 is 0 Å². The summed E-state index contributed by atoms with van der Waals surface area (Å²) in [7, 11) is 0. The Kier molecular flexibility index (Phi) is 3.90. The van der Waals surface area contributed by atoms with Crippen molar-refractivity contribution in [3.05, 3.63) is 34.9 Å². The first-order chi connectivity index (χ1) is 7.27. The molecule has 3 heteroatoms. The van der Waals surface area contributed by atoms with E-state index in [1.807, 2.05) is 24.3 Å². The number of benzene rings is 1. The van der Waals surface area contributed by atoms with Crippen LogP contribution in [0.5, 0.6) is 0 Å². The molecule has 82 valence electrons. The smallest absolute Gasteiger partial charge is 0.0615 e. The van der Waals surface area contributed by atoms with Crippen LogP contribution in [0.3, 0.4) is 0 Å². The maximum Gasteiger partial charge on any atom is 0.0615 e. The fraction of sp³-hybridized carbons (Fsp3) is 0.500. The summed E-state index contributed by atoms with van der Waals surface area (Å²) in [5.41, 5.74) is 1.16. The fourth-order valence-electron chi connectivity index (χ4n) is 1.93. The van der Waals surface area contributed by atoms with Crippen LogP contribution in [0.15, 0.2) is 24.3 Å². The molecule has 0 radical (unpaired) electrons. The minimum absolute atomic E-state index is 0.0890. The third-order valence-corrected chi connectivity index (χ3v) is 3.73. The Bertz CT molecular complexity index is 304. The summed E-state index contributed by atoms with van der Waals surface area (Å²) < 4.78 is 5.33. The normalized spacial score (nSPS) is 20.1. The second-order valence-corrected chi connectivity index (χ2v) is 4.81. The Hall–Kier alpha value is -0.240. The molecule has 1 fully saturated rings. The van der Waals surface area contributed by atoms with E-state index in [4.69, 9.17) is 27.9 Å². The average molecular weight is 245 g/mol. The molecule has 0 amide bonds. The summed E-state index contributed by atoms with van der Waals surface area (Å²) in [6.45, 7) is 1.67. The molecule has 1 heterocycles. The lowest BCUT2D eigenvalue weighted by molar-refractivity contribution is 0.0651. The SMILES string of the molecule is Clc1ccc([C@@H](Cl)C2CCOCC2)cc1. The van der Waals surface area contributed by atoms with E-state index in [9.17, 15) is 0 Å². The van der Waals surface area contributed by atoms with Crippen molar-refractivity contribution in [1.82, 2.24) is 0 Å². The first-order valence-corrected chi connectivity index (χ1v) is 6.06. The summed E-state index contributed by atoms with van der Waals surface area (Å²) >= 11 is 12.3. The van der Waals surface area contributed by atoms with E-state index in [0.717, 1.165) is 36.6 Å². The Morgan fingerprint density at radius 1 is 1.13 bits per heavy atom. The van der Waals surface area contributed by atoms with Crippen molar-refractivity contribution in [3.8, 4) is 0 Å². The predicted molar refractivity (Wildman–Crippen MR) is 63.6 cm³/mol. The molecule has 1 aromatic rings. The summed E-state index contributed by atoms with van der Waals surface area (Å²) in [6, 6.07) is 7.81. The molecule has 15 heavy (non-hydrogen) atoms. The van der Waals surface area contributed by atoms with Crippen LogP contribution >= 0.6 is 23.2 Å². The van der Waals surface area contributed by atoms with Gasteiger partial charge in [-0.2, -0.15) is 0 Å². The van der Waals surface area contributed by atoms with Gasteiger partial charge in [0.1, 0.15) is 0 Å². The highest BCUT2D eigenvalue weighted by Gasteiger charge is 2.23. The molecular weight excluding hydrogens is 231 g/mol. The monoisotopic (exact) mass is 244 g/mol. The molecule has 0 saturated carbocycles. The van der Waals surface area contributed by atoms with Crippen LogP contribution in [0.25, 0.3) is 0 Å². The standard InChI is InChI=1S/C12H14Cl2O/c13-11-3-1-9(2-4-11)12(14)10-5-7-15-8-6-10/h1-4,10,12H,5-8H2/t12-/m1/s1. The molecule has 0 N–H and O–H groups in total. The molecule has 1 aliphatic heterocycles. The minimum atomic E-state index is 0.0890. The molecule has 0 aromatic heterocycles. The summed E-state index contributed by atoms with van der Waals surface area (Å²) in [5.74, 6) is 0.529. The Morgan fingerprint density at radius 2 is 1.73 bits per heavy atom. The minimum Gasteiger partial charge on any atom is -0.381 e. The van der Waals surface area contributed by atoms with Crippen molar-refractivity contribution in [2.45, 2.75) is 18.2 Å². The summed E-state index contributed by atoms with van der Waals surface area (Å²) in [5, 5.41) is 0.848. The fourth-order valence-corrected chi connectivity index (χ4v) is 2.45. The van der Waals surface area contributed by atoms with Gasteiger partial charge in [0.25, 0.3) is 0 Å². The highest BCUT2D eigenvalue weighted by atomic mass is 35.5. The summed E-state index contributed by atoms with van der Waals surface area (Å²) in [4.78, 5) is 0. The van der Waals surface area contributed by atoms with E-state index in [2.05, 4.69) is 0 Å². The van der Waals surface area contributed by atoms with Crippen molar-refractivity contribution < 1.29 is 4.74 Å². The van der Waals surface area contributed by atoms with Gasteiger partial charge >= 0.3 is 0 Å².